The zero-order valence-electron chi connectivity index (χ0n) is 16.0. The number of rotatable bonds is 6. The molecule has 1 aliphatic heterocycles. The minimum Gasteiger partial charge on any atom is -0.425 e. The number of piperazine rings is 1. The van der Waals surface area contributed by atoms with Crippen LogP contribution in [0.3, 0.4) is 0 Å². The van der Waals surface area contributed by atoms with Crippen LogP contribution in [0, 0.1) is 5.82 Å². The van der Waals surface area contributed by atoms with Crippen molar-refractivity contribution in [1.29, 1.82) is 0 Å². The molecule has 3 rings (SSSR count). The molecule has 0 aliphatic carbocycles. The molecule has 1 atom stereocenters. The second kappa shape index (κ2) is 8.37. The average molecular weight is 389 g/mol. The van der Waals surface area contributed by atoms with Gasteiger partial charge in [0, 0.05) is 44.1 Å². The second-order valence-corrected chi connectivity index (χ2v) is 7.12. The van der Waals surface area contributed by atoms with Gasteiger partial charge in [0.15, 0.2) is 0 Å². The van der Waals surface area contributed by atoms with Crippen LogP contribution in [-0.2, 0) is 16.0 Å². The number of carbonyl (C=O) groups excluding carboxylic acids is 2. The molecule has 0 radical (unpaired) electrons. The molecule has 2 heterocycles. The Labute approximate surface area is 162 Å². The molecule has 28 heavy (non-hydrogen) atoms. The van der Waals surface area contributed by atoms with E-state index in [4.69, 9.17) is 10.2 Å². The molecule has 1 saturated heterocycles. The van der Waals surface area contributed by atoms with Crippen molar-refractivity contribution in [1.82, 2.24) is 15.1 Å². The average Bonchev–Trinajstić information content (AvgIpc) is 3.15. The second-order valence-electron chi connectivity index (χ2n) is 7.12. The van der Waals surface area contributed by atoms with Crippen molar-refractivity contribution in [3.8, 4) is 0 Å². The summed E-state index contributed by atoms with van der Waals surface area (Å²) in [4.78, 5) is 28.1. The fourth-order valence-corrected chi connectivity index (χ4v) is 3.17. The van der Waals surface area contributed by atoms with E-state index in [1.807, 2.05) is 18.7 Å². The molecule has 1 fully saturated rings. The summed E-state index contributed by atoms with van der Waals surface area (Å²) in [7, 11) is 0. The van der Waals surface area contributed by atoms with E-state index in [0.29, 0.717) is 31.3 Å². The number of primary amides is 1. The van der Waals surface area contributed by atoms with E-state index < -0.39 is 11.9 Å². The van der Waals surface area contributed by atoms with Crippen LogP contribution in [0.4, 0.5) is 10.1 Å². The standard InChI is InChI=1S/C19H24FN5O3/c1-12(2)19-23-22-16(28-19)7-8-17(26)25-10-9-24(11-15(25)18(21)27)14-5-3-13(20)4-6-14/h3-6,12,15H,7-11H2,1-2H3,(H2,21,27). The monoisotopic (exact) mass is 389 g/mol. The SMILES string of the molecule is CC(C)c1nnc(CCC(=O)N2CCN(c3ccc(F)cc3)CC2C(N)=O)o1. The van der Waals surface area contributed by atoms with E-state index in [0.717, 1.165) is 5.69 Å². The minimum atomic E-state index is -0.750. The molecule has 1 aromatic heterocycles. The number of halogens is 1. The number of nitrogens with two attached hydrogens (primary N) is 1. The lowest BCUT2D eigenvalue weighted by molar-refractivity contribution is -0.139. The number of carbonyl (C=O) groups is 2. The summed E-state index contributed by atoms with van der Waals surface area (Å²) in [6, 6.07) is 5.27. The van der Waals surface area contributed by atoms with Gasteiger partial charge in [0.05, 0.1) is 0 Å². The van der Waals surface area contributed by atoms with E-state index in [1.165, 1.54) is 17.0 Å². The molecule has 9 heteroatoms. The number of hydrogen-bond donors (Lipinski definition) is 1. The largest absolute Gasteiger partial charge is 0.425 e. The van der Waals surface area contributed by atoms with Crippen LogP contribution < -0.4 is 10.6 Å². The predicted molar refractivity (Wildman–Crippen MR) is 100 cm³/mol. The van der Waals surface area contributed by atoms with Gasteiger partial charge in [0.2, 0.25) is 23.6 Å². The maximum Gasteiger partial charge on any atom is 0.242 e. The number of aryl methyl sites for hydroxylation is 1. The maximum absolute atomic E-state index is 13.1. The predicted octanol–water partition coefficient (Wildman–Crippen LogP) is 1.47. The lowest BCUT2D eigenvalue weighted by atomic mass is 10.1. The van der Waals surface area contributed by atoms with Gasteiger partial charge in [-0.05, 0) is 24.3 Å². The van der Waals surface area contributed by atoms with Crippen molar-refractivity contribution in [3.05, 3.63) is 41.9 Å². The Balaban J connectivity index is 1.63. The third-order valence-corrected chi connectivity index (χ3v) is 4.75. The van der Waals surface area contributed by atoms with E-state index in [2.05, 4.69) is 10.2 Å². The third kappa shape index (κ3) is 4.47. The fourth-order valence-electron chi connectivity index (χ4n) is 3.17. The molecule has 0 saturated carbocycles. The van der Waals surface area contributed by atoms with Gasteiger partial charge in [-0.3, -0.25) is 9.59 Å². The molecule has 1 aliphatic rings. The quantitative estimate of drug-likeness (QED) is 0.802. The van der Waals surface area contributed by atoms with Gasteiger partial charge in [-0.25, -0.2) is 4.39 Å². The molecule has 0 bridgehead atoms. The van der Waals surface area contributed by atoms with E-state index in [1.54, 1.807) is 12.1 Å². The first kappa shape index (κ1) is 19.8. The molecule has 2 amide bonds. The third-order valence-electron chi connectivity index (χ3n) is 4.75. The van der Waals surface area contributed by atoms with Gasteiger partial charge >= 0.3 is 0 Å². The van der Waals surface area contributed by atoms with Gasteiger partial charge in [-0.1, -0.05) is 13.8 Å². The van der Waals surface area contributed by atoms with E-state index >= 15 is 0 Å². The Morgan fingerprint density at radius 1 is 1.25 bits per heavy atom. The molecule has 1 unspecified atom stereocenters. The summed E-state index contributed by atoms with van der Waals surface area (Å²) in [5, 5.41) is 7.90. The Bertz CT molecular complexity index is 836. The summed E-state index contributed by atoms with van der Waals surface area (Å²) < 4.78 is 18.7. The molecular formula is C19H24FN5O3. The van der Waals surface area contributed by atoms with Gasteiger partial charge < -0.3 is 20.0 Å². The van der Waals surface area contributed by atoms with Crippen LogP contribution >= 0.6 is 0 Å². The number of benzene rings is 1. The molecule has 8 nitrogen and oxygen atoms in total. The number of aromatic nitrogens is 2. The number of amides is 2. The van der Waals surface area contributed by atoms with Crippen LogP contribution in [0.15, 0.2) is 28.7 Å². The highest BCUT2D eigenvalue weighted by Crippen LogP contribution is 2.21. The van der Waals surface area contributed by atoms with Crippen LogP contribution in [0.2, 0.25) is 0 Å². The van der Waals surface area contributed by atoms with Crippen molar-refractivity contribution in [2.75, 3.05) is 24.5 Å². The molecule has 2 N–H and O–H groups in total. The summed E-state index contributed by atoms with van der Waals surface area (Å²) in [5.41, 5.74) is 6.33. The Morgan fingerprint density at radius 2 is 1.96 bits per heavy atom. The maximum atomic E-state index is 13.1. The lowest BCUT2D eigenvalue weighted by Gasteiger charge is -2.41. The lowest BCUT2D eigenvalue weighted by Crippen LogP contribution is -2.60. The fraction of sp³-hybridized carbons (Fsp3) is 0.474. The van der Waals surface area contributed by atoms with Gasteiger partial charge in [-0.2, -0.15) is 0 Å². The Hall–Kier alpha value is -2.97. The number of anilines is 1. The number of nitrogens with zero attached hydrogens (tertiary/aromatic N) is 4. The van der Waals surface area contributed by atoms with Crippen LogP contribution in [0.5, 0.6) is 0 Å². The van der Waals surface area contributed by atoms with E-state index in [9.17, 15) is 14.0 Å². The highest BCUT2D eigenvalue weighted by Gasteiger charge is 2.34. The minimum absolute atomic E-state index is 0.121. The normalized spacial score (nSPS) is 17.2. The Kier molecular flexibility index (Phi) is 5.91. The topological polar surface area (TPSA) is 106 Å². The van der Waals surface area contributed by atoms with Crippen molar-refractivity contribution in [3.63, 3.8) is 0 Å². The van der Waals surface area contributed by atoms with Gasteiger partial charge in [0.1, 0.15) is 11.9 Å². The Morgan fingerprint density at radius 3 is 2.57 bits per heavy atom. The van der Waals surface area contributed by atoms with Crippen molar-refractivity contribution < 1.29 is 18.4 Å². The van der Waals surface area contributed by atoms with Crippen molar-refractivity contribution in [2.24, 2.45) is 5.73 Å². The van der Waals surface area contributed by atoms with Gasteiger partial charge in [-0.15, -0.1) is 10.2 Å². The van der Waals surface area contributed by atoms with E-state index in [-0.39, 0.29) is 30.6 Å². The first-order valence-corrected chi connectivity index (χ1v) is 9.26. The number of hydrogen-bond acceptors (Lipinski definition) is 6. The van der Waals surface area contributed by atoms with Crippen LogP contribution in [-0.4, -0.2) is 52.6 Å². The van der Waals surface area contributed by atoms with Crippen molar-refractivity contribution in [2.45, 2.75) is 38.6 Å². The molecule has 0 spiro atoms. The highest BCUT2D eigenvalue weighted by atomic mass is 19.1. The summed E-state index contributed by atoms with van der Waals surface area (Å²) in [5.74, 6) is -0.0312. The first-order chi connectivity index (χ1) is 13.3. The van der Waals surface area contributed by atoms with Crippen LogP contribution in [0.1, 0.15) is 38.0 Å². The van der Waals surface area contributed by atoms with Crippen LogP contribution in [0.25, 0.3) is 0 Å². The van der Waals surface area contributed by atoms with Crippen molar-refractivity contribution >= 4 is 17.5 Å². The zero-order chi connectivity index (χ0) is 20.3. The summed E-state index contributed by atoms with van der Waals surface area (Å²) >= 11 is 0. The zero-order valence-corrected chi connectivity index (χ0v) is 16.0. The smallest absolute Gasteiger partial charge is 0.242 e. The highest BCUT2D eigenvalue weighted by molar-refractivity contribution is 5.87. The molecule has 1 aromatic carbocycles. The summed E-state index contributed by atoms with van der Waals surface area (Å²) in [6.07, 6.45) is 0.461. The van der Waals surface area contributed by atoms with Gasteiger partial charge in [0.25, 0.3) is 0 Å². The summed E-state index contributed by atoms with van der Waals surface area (Å²) in [6.45, 7) is 5.04. The molecular weight excluding hydrogens is 365 g/mol. The first-order valence-electron chi connectivity index (χ1n) is 9.26. The molecule has 150 valence electrons. The molecule has 2 aromatic rings.